The average Bonchev–Trinajstić information content (AvgIpc) is 2.87. The highest BCUT2D eigenvalue weighted by Gasteiger charge is 2.17. The summed E-state index contributed by atoms with van der Waals surface area (Å²) in [5, 5.41) is 0.554. The number of hydrogen-bond donors (Lipinski definition) is 1. The van der Waals surface area contributed by atoms with E-state index in [1.54, 1.807) is 6.07 Å². The minimum absolute atomic E-state index is 0.0571. The van der Waals surface area contributed by atoms with Crippen molar-refractivity contribution in [3.63, 3.8) is 0 Å². The number of nitrogens with one attached hydrogen (secondary N) is 1. The first-order valence-electron chi connectivity index (χ1n) is 6.50. The van der Waals surface area contributed by atoms with E-state index in [-0.39, 0.29) is 5.56 Å². The van der Waals surface area contributed by atoms with Crippen molar-refractivity contribution in [1.29, 1.82) is 0 Å². The molecule has 20 heavy (non-hydrogen) atoms. The molecule has 0 spiro atoms. The van der Waals surface area contributed by atoms with Crippen molar-refractivity contribution in [3.05, 3.63) is 50.9 Å². The van der Waals surface area contributed by atoms with Gasteiger partial charge < -0.3 is 4.98 Å². The van der Waals surface area contributed by atoms with E-state index in [0.29, 0.717) is 16.5 Å². The minimum atomic E-state index is -0.457. The van der Waals surface area contributed by atoms with Gasteiger partial charge in [0.1, 0.15) is 0 Å². The largest absolute Gasteiger partial charge is 0.301 e. The van der Waals surface area contributed by atoms with Gasteiger partial charge in [0, 0.05) is 23.1 Å². The fourth-order valence-corrected chi connectivity index (χ4v) is 3.32. The second-order valence-electron chi connectivity index (χ2n) is 4.84. The van der Waals surface area contributed by atoms with Crippen molar-refractivity contribution >= 4 is 11.8 Å². The molecular weight excluding hydrogens is 277 g/mol. The van der Waals surface area contributed by atoms with E-state index in [2.05, 4.69) is 15.0 Å². The summed E-state index contributed by atoms with van der Waals surface area (Å²) < 4.78 is 13.6. The van der Waals surface area contributed by atoms with Crippen molar-refractivity contribution in [2.45, 2.75) is 37.1 Å². The molecule has 0 aromatic carbocycles. The lowest BCUT2D eigenvalue weighted by molar-refractivity contribution is 0.571. The SMILES string of the molecule is Cc1ccnc(F)c1CSc1nc2c(c(=O)[nH]1)CCC2. The van der Waals surface area contributed by atoms with E-state index in [0.717, 1.165) is 36.1 Å². The molecule has 4 nitrogen and oxygen atoms in total. The highest BCUT2D eigenvalue weighted by atomic mass is 32.2. The fourth-order valence-electron chi connectivity index (χ4n) is 2.36. The molecule has 1 aliphatic rings. The molecular formula is C14H14FN3OS. The molecule has 6 heteroatoms. The number of thioether (sulfide) groups is 1. The summed E-state index contributed by atoms with van der Waals surface area (Å²) in [4.78, 5) is 22.8. The zero-order valence-electron chi connectivity index (χ0n) is 11.1. The Hall–Kier alpha value is -1.69. The van der Waals surface area contributed by atoms with E-state index in [1.165, 1.54) is 18.0 Å². The topological polar surface area (TPSA) is 58.6 Å². The molecule has 0 saturated heterocycles. The van der Waals surface area contributed by atoms with Crippen LogP contribution in [0, 0.1) is 12.9 Å². The number of hydrogen-bond acceptors (Lipinski definition) is 4. The van der Waals surface area contributed by atoms with Crippen molar-refractivity contribution in [2.24, 2.45) is 0 Å². The predicted octanol–water partition coefficient (Wildman–Crippen LogP) is 2.39. The van der Waals surface area contributed by atoms with Crippen LogP contribution in [0.1, 0.15) is 28.8 Å². The summed E-state index contributed by atoms with van der Waals surface area (Å²) in [5.74, 6) is -0.0474. The van der Waals surface area contributed by atoms with Gasteiger partial charge in [-0.25, -0.2) is 9.97 Å². The van der Waals surface area contributed by atoms with Crippen LogP contribution in [0.2, 0.25) is 0 Å². The van der Waals surface area contributed by atoms with Crippen LogP contribution in [0.4, 0.5) is 4.39 Å². The van der Waals surface area contributed by atoms with Crippen LogP contribution in [0.3, 0.4) is 0 Å². The monoisotopic (exact) mass is 291 g/mol. The first-order chi connectivity index (χ1) is 9.65. The van der Waals surface area contributed by atoms with Gasteiger partial charge >= 0.3 is 0 Å². The van der Waals surface area contributed by atoms with Crippen molar-refractivity contribution < 1.29 is 4.39 Å². The molecule has 1 aliphatic carbocycles. The maximum absolute atomic E-state index is 13.6. The van der Waals surface area contributed by atoms with Crippen LogP contribution in [0.25, 0.3) is 0 Å². The number of aromatic nitrogens is 3. The molecule has 0 radical (unpaired) electrons. The molecule has 0 saturated carbocycles. The Balaban J connectivity index is 1.83. The van der Waals surface area contributed by atoms with Crippen LogP contribution < -0.4 is 5.56 Å². The van der Waals surface area contributed by atoms with Crippen molar-refractivity contribution in [1.82, 2.24) is 15.0 Å². The van der Waals surface area contributed by atoms with Crippen LogP contribution in [-0.2, 0) is 18.6 Å². The Morgan fingerprint density at radius 1 is 1.45 bits per heavy atom. The summed E-state index contributed by atoms with van der Waals surface area (Å²) >= 11 is 1.34. The maximum atomic E-state index is 13.6. The van der Waals surface area contributed by atoms with Gasteiger partial charge in [-0.1, -0.05) is 11.8 Å². The van der Waals surface area contributed by atoms with Gasteiger partial charge in [-0.15, -0.1) is 0 Å². The molecule has 2 heterocycles. The van der Waals surface area contributed by atoms with Gasteiger partial charge in [-0.3, -0.25) is 4.79 Å². The zero-order chi connectivity index (χ0) is 14.1. The highest BCUT2D eigenvalue weighted by molar-refractivity contribution is 7.98. The Bertz CT molecular complexity index is 694. The van der Waals surface area contributed by atoms with E-state index >= 15 is 0 Å². The molecule has 0 atom stereocenters. The van der Waals surface area contributed by atoms with Crippen LogP contribution in [-0.4, -0.2) is 15.0 Å². The molecule has 1 N–H and O–H groups in total. The number of H-pyrrole nitrogens is 1. The molecule has 3 rings (SSSR count). The third-order valence-corrected chi connectivity index (χ3v) is 4.41. The van der Waals surface area contributed by atoms with Gasteiger partial charge in [-0.2, -0.15) is 4.39 Å². The number of aromatic amines is 1. The Kier molecular flexibility index (Phi) is 3.56. The number of rotatable bonds is 3. The number of nitrogens with zero attached hydrogens (tertiary/aromatic N) is 2. The van der Waals surface area contributed by atoms with Gasteiger partial charge in [0.2, 0.25) is 5.95 Å². The normalized spacial score (nSPS) is 13.5. The van der Waals surface area contributed by atoms with Crippen molar-refractivity contribution in [3.8, 4) is 0 Å². The molecule has 0 aliphatic heterocycles. The molecule has 104 valence electrons. The summed E-state index contributed by atoms with van der Waals surface area (Å²) in [7, 11) is 0. The van der Waals surface area contributed by atoms with Gasteiger partial charge in [0.05, 0.1) is 5.69 Å². The zero-order valence-corrected chi connectivity index (χ0v) is 11.9. The second-order valence-corrected chi connectivity index (χ2v) is 5.80. The lowest BCUT2D eigenvalue weighted by Crippen LogP contribution is -2.15. The molecule has 2 aromatic heterocycles. The molecule has 2 aromatic rings. The fraction of sp³-hybridized carbons (Fsp3) is 0.357. The van der Waals surface area contributed by atoms with Gasteiger partial charge in [-0.05, 0) is 37.8 Å². The minimum Gasteiger partial charge on any atom is -0.301 e. The smallest absolute Gasteiger partial charge is 0.254 e. The van der Waals surface area contributed by atoms with Gasteiger partial charge in [0.15, 0.2) is 5.16 Å². The van der Waals surface area contributed by atoms with Crippen LogP contribution in [0.5, 0.6) is 0 Å². The van der Waals surface area contributed by atoms with Crippen molar-refractivity contribution in [2.75, 3.05) is 0 Å². The maximum Gasteiger partial charge on any atom is 0.254 e. The Labute approximate surface area is 119 Å². The number of fused-ring (bicyclic) bond motifs is 1. The summed E-state index contributed by atoms with van der Waals surface area (Å²) in [6.45, 7) is 1.85. The third-order valence-electron chi connectivity index (χ3n) is 3.51. The molecule has 0 bridgehead atoms. The van der Waals surface area contributed by atoms with Crippen LogP contribution in [0.15, 0.2) is 22.2 Å². The Morgan fingerprint density at radius 3 is 3.10 bits per heavy atom. The standard InChI is InChI=1S/C14H14FN3OS/c1-8-5-6-16-12(15)10(8)7-20-14-17-11-4-2-3-9(11)13(19)18-14/h5-6H,2-4,7H2,1H3,(H,17,18,19). The molecule has 0 amide bonds. The quantitative estimate of drug-likeness (QED) is 0.536. The lowest BCUT2D eigenvalue weighted by Gasteiger charge is -2.06. The second kappa shape index (κ2) is 5.36. The van der Waals surface area contributed by atoms with E-state index in [1.807, 2.05) is 6.92 Å². The first-order valence-corrected chi connectivity index (χ1v) is 7.48. The molecule has 0 fully saturated rings. The van der Waals surface area contributed by atoms with E-state index in [9.17, 15) is 9.18 Å². The lowest BCUT2D eigenvalue weighted by atomic mass is 10.2. The average molecular weight is 291 g/mol. The first kappa shape index (κ1) is 13.3. The summed E-state index contributed by atoms with van der Waals surface area (Å²) in [6, 6.07) is 1.78. The summed E-state index contributed by atoms with van der Waals surface area (Å²) in [6.07, 6.45) is 4.09. The third kappa shape index (κ3) is 2.47. The summed E-state index contributed by atoms with van der Waals surface area (Å²) in [5.41, 5.74) is 3.05. The Morgan fingerprint density at radius 2 is 2.30 bits per heavy atom. The highest BCUT2D eigenvalue weighted by Crippen LogP contribution is 2.24. The molecule has 0 unspecified atom stereocenters. The number of pyridine rings is 1. The number of halogens is 1. The van der Waals surface area contributed by atoms with E-state index < -0.39 is 5.95 Å². The predicted molar refractivity (Wildman–Crippen MR) is 75.4 cm³/mol. The van der Waals surface area contributed by atoms with E-state index in [4.69, 9.17) is 0 Å². The van der Waals surface area contributed by atoms with Crippen LogP contribution >= 0.6 is 11.8 Å². The number of aryl methyl sites for hydroxylation is 2. The van der Waals surface area contributed by atoms with Gasteiger partial charge in [0.25, 0.3) is 5.56 Å².